The molecular formula is C11H22N2O2. The van der Waals surface area contributed by atoms with Crippen LogP contribution in [0.15, 0.2) is 0 Å². The van der Waals surface area contributed by atoms with Crippen molar-refractivity contribution in [2.45, 2.75) is 51.8 Å². The van der Waals surface area contributed by atoms with Crippen LogP contribution >= 0.6 is 0 Å². The van der Waals surface area contributed by atoms with Gasteiger partial charge in [-0.15, -0.1) is 0 Å². The van der Waals surface area contributed by atoms with Gasteiger partial charge in [-0.2, -0.15) is 0 Å². The SMILES string of the molecule is CC(C(=O)NC(C)(C)C)N1CC(C)(O)C1. The van der Waals surface area contributed by atoms with E-state index in [1.807, 2.05) is 32.6 Å². The zero-order valence-electron chi connectivity index (χ0n) is 10.3. The summed E-state index contributed by atoms with van der Waals surface area (Å²) in [6, 6.07) is -0.163. The lowest BCUT2D eigenvalue weighted by molar-refractivity contribution is -0.139. The molecule has 0 aromatic carbocycles. The van der Waals surface area contributed by atoms with Crippen LogP contribution in [0.3, 0.4) is 0 Å². The molecule has 1 atom stereocenters. The molecule has 88 valence electrons. The van der Waals surface area contributed by atoms with Gasteiger partial charge in [0.15, 0.2) is 0 Å². The first-order valence-corrected chi connectivity index (χ1v) is 5.39. The Labute approximate surface area is 91.6 Å². The van der Waals surface area contributed by atoms with Gasteiger partial charge in [-0.1, -0.05) is 0 Å². The number of amides is 1. The molecule has 4 nitrogen and oxygen atoms in total. The molecule has 0 aromatic rings. The predicted octanol–water partition coefficient (Wildman–Crippen LogP) is 0.356. The molecule has 0 bridgehead atoms. The third-order valence-corrected chi connectivity index (χ3v) is 2.51. The monoisotopic (exact) mass is 214 g/mol. The molecular weight excluding hydrogens is 192 g/mol. The zero-order chi connectivity index (χ0) is 11.9. The molecule has 1 rings (SSSR count). The quantitative estimate of drug-likeness (QED) is 0.697. The number of carbonyl (C=O) groups excluding carboxylic acids is 1. The lowest BCUT2D eigenvalue weighted by Gasteiger charge is -2.47. The van der Waals surface area contributed by atoms with Gasteiger partial charge in [0.1, 0.15) is 0 Å². The van der Waals surface area contributed by atoms with Crippen molar-refractivity contribution in [3.05, 3.63) is 0 Å². The summed E-state index contributed by atoms with van der Waals surface area (Å²) < 4.78 is 0. The Morgan fingerprint density at radius 2 is 1.93 bits per heavy atom. The van der Waals surface area contributed by atoms with Gasteiger partial charge in [0.2, 0.25) is 5.91 Å². The van der Waals surface area contributed by atoms with Crippen molar-refractivity contribution < 1.29 is 9.90 Å². The first-order valence-electron chi connectivity index (χ1n) is 5.39. The molecule has 1 saturated heterocycles. The maximum Gasteiger partial charge on any atom is 0.237 e. The fourth-order valence-electron chi connectivity index (χ4n) is 1.74. The lowest BCUT2D eigenvalue weighted by atomic mass is 9.94. The number of nitrogens with one attached hydrogen (secondary N) is 1. The van der Waals surface area contributed by atoms with Gasteiger partial charge in [0, 0.05) is 18.6 Å². The molecule has 1 aliphatic heterocycles. The highest BCUT2D eigenvalue weighted by molar-refractivity contribution is 5.82. The molecule has 15 heavy (non-hydrogen) atoms. The average Bonchev–Trinajstić information content (AvgIpc) is 1.95. The molecule has 0 aliphatic carbocycles. The average molecular weight is 214 g/mol. The minimum absolute atomic E-state index is 0.0259. The maximum absolute atomic E-state index is 11.8. The van der Waals surface area contributed by atoms with E-state index in [-0.39, 0.29) is 17.5 Å². The Hall–Kier alpha value is -0.610. The van der Waals surface area contributed by atoms with Crippen LogP contribution in [0.4, 0.5) is 0 Å². The van der Waals surface area contributed by atoms with E-state index in [0.29, 0.717) is 13.1 Å². The normalized spacial score (nSPS) is 23.1. The Kier molecular flexibility index (Phi) is 3.12. The Morgan fingerprint density at radius 3 is 2.27 bits per heavy atom. The summed E-state index contributed by atoms with van der Waals surface area (Å²) in [6.45, 7) is 10.7. The van der Waals surface area contributed by atoms with Gasteiger partial charge in [0.05, 0.1) is 11.6 Å². The number of carbonyl (C=O) groups is 1. The third-order valence-electron chi connectivity index (χ3n) is 2.51. The summed E-state index contributed by atoms with van der Waals surface area (Å²) in [5.41, 5.74) is -0.811. The second-order valence-corrected chi connectivity index (χ2v) is 5.82. The molecule has 2 N–H and O–H groups in total. The lowest BCUT2D eigenvalue weighted by Crippen LogP contribution is -2.65. The number of rotatable bonds is 2. The molecule has 0 radical (unpaired) electrons. The van der Waals surface area contributed by atoms with E-state index in [2.05, 4.69) is 5.32 Å². The van der Waals surface area contributed by atoms with Crippen molar-refractivity contribution in [3.63, 3.8) is 0 Å². The summed E-state index contributed by atoms with van der Waals surface area (Å²) in [5.74, 6) is 0.0259. The van der Waals surface area contributed by atoms with E-state index in [1.165, 1.54) is 0 Å². The first kappa shape index (κ1) is 12.5. The largest absolute Gasteiger partial charge is 0.388 e. The fraction of sp³-hybridized carbons (Fsp3) is 0.909. The summed E-state index contributed by atoms with van der Waals surface area (Å²) in [4.78, 5) is 13.7. The van der Waals surface area contributed by atoms with E-state index in [0.717, 1.165) is 0 Å². The van der Waals surface area contributed by atoms with E-state index in [1.54, 1.807) is 6.92 Å². The van der Waals surface area contributed by atoms with E-state index in [4.69, 9.17) is 0 Å². The molecule has 1 amide bonds. The Balaban J connectivity index is 2.42. The van der Waals surface area contributed by atoms with Gasteiger partial charge in [-0.05, 0) is 34.6 Å². The van der Waals surface area contributed by atoms with Gasteiger partial charge in [-0.3, -0.25) is 9.69 Å². The van der Waals surface area contributed by atoms with E-state index >= 15 is 0 Å². The highest BCUT2D eigenvalue weighted by atomic mass is 16.3. The van der Waals surface area contributed by atoms with Crippen LogP contribution in [-0.4, -0.2) is 46.2 Å². The van der Waals surface area contributed by atoms with Crippen molar-refractivity contribution >= 4 is 5.91 Å². The Morgan fingerprint density at radius 1 is 1.47 bits per heavy atom. The van der Waals surface area contributed by atoms with Crippen LogP contribution in [0.1, 0.15) is 34.6 Å². The van der Waals surface area contributed by atoms with Crippen molar-refractivity contribution in [1.82, 2.24) is 10.2 Å². The molecule has 0 spiro atoms. The zero-order valence-corrected chi connectivity index (χ0v) is 10.3. The maximum atomic E-state index is 11.8. The molecule has 1 heterocycles. The van der Waals surface area contributed by atoms with E-state index in [9.17, 15) is 9.90 Å². The van der Waals surface area contributed by atoms with Crippen molar-refractivity contribution in [2.75, 3.05) is 13.1 Å². The number of aliphatic hydroxyl groups is 1. The van der Waals surface area contributed by atoms with Crippen LogP contribution in [0, 0.1) is 0 Å². The number of hydrogen-bond acceptors (Lipinski definition) is 3. The van der Waals surface area contributed by atoms with Gasteiger partial charge >= 0.3 is 0 Å². The molecule has 4 heteroatoms. The number of β-amino-alcohol motifs (C(OH)–C–C–N with tert-alkyl or cyclic N) is 1. The smallest absolute Gasteiger partial charge is 0.237 e. The van der Waals surface area contributed by atoms with Gasteiger partial charge < -0.3 is 10.4 Å². The van der Waals surface area contributed by atoms with E-state index < -0.39 is 5.60 Å². The summed E-state index contributed by atoms with van der Waals surface area (Å²) in [6.07, 6.45) is 0. The minimum atomic E-state index is -0.615. The van der Waals surface area contributed by atoms with Crippen molar-refractivity contribution in [3.8, 4) is 0 Å². The van der Waals surface area contributed by atoms with Crippen LogP contribution < -0.4 is 5.32 Å². The summed E-state index contributed by atoms with van der Waals surface area (Å²) in [7, 11) is 0. The van der Waals surface area contributed by atoms with Crippen LogP contribution in [0.25, 0.3) is 0 Å². The van der Waals surface area contributed by atoms with Crippen LogP contribution in [0.2, 0.25) is 0 Å². The number of nitrogens with zero attached hydrogens (tertiary/aromatic N) is 1. The predicted molar refractivity (Wildman–Crippen MR) is 59.6 cm³/mol. The van der Waals surface area contributed by atoms with Crippen LogP contribution in [-0.2, 0) is 4.79 Å². The van der Waals surface area contributed by atoms with Crippen LogP contribution in [0.5, 0.6) is 0 Å². The van der Waals surface area contributed by atoms with Crippen molar-refractivity contribution in [2.24, 2.45) is 0 Å². The van der Waals surface area contributed by atoms with Gasteiger partial charge in [-0.25, -0.2) is 0 Å². The molecule has 0 saturated carbocycles. The highest BCUT2D eigenvalue weighted by Gasteiger charge is 2.41. The summed E-state index contributed by atoms with van der Waals surface area (Å²) in [5, 5.41) is 12.5. The molecule has 0 aromatic heterocycles. The minimum Gasteiger partial charge on any atom is -0.388 e. The summed E-state index contributed by atoms with van der Waals surface area (Å²) >= 11 is 0. The number of likely N-dealkylation sites (tertiary alicyclic amines) is 1. The standard InChI is InChI=1S/C11H22N2O2/c1-8(9(14)12-10(2,3)4)13-6-11(5,15)7-13/h8,15H,6-7H2,1-5H3,(H,12,14). The van der Waals surface area contributed by atoms with Crippen molar-refractivity contribution in [1.29, 1.82) is 0 Å². The Bertz CT molecular complexity index is 248. The number of hydrogen-bond donors (Lipinski definition) is 2. The second-order valence-electron chi connectivity index (χ2n) is 5.82. The second kappa shape index (κ2) is 3.76. The molecule has 1 unspecified atom stereocenters. The topological polar surface area (TPSA) is 52.6 Å². The van der Waals surface area contributed by atoms with Gasteiger partial charge in [0.25, 0.3) is 0 Å². The first-order chi connectivity index (χ1) is 6.61. The molecule has 1 fully saturated rings. The highest BCUT2D eigenvalue weighted by Crippen LogP contribution is 2.22. The fourth-order valence-corrected chi connectivity index (χ4v) is 1.74. The molecule has 1 aliphatic rings. The third kappa shape index (κ3) is 3.47.